The fourth-order valence-corrected chi connectivity index (χ4v) is 2.73. The van der Waals surface area contributed by atoms with Crippen LogP contribution in [0.25, 0.3) is 0 Å². The molecule has 1 aromatic carbocycles. The van der Waals surface area contributed by atoms with E-state index in [1.807, 2.05) is 7.05 Å². The van der Waals surface area contributed by atoms with Crippen molar-refractivity contribution in [3.05, 3.63) is 54.0 Å². The number of hydrogen-bond donors (Lipinski definition) is 2. The number of sulfonamides is 1. The van der Waals surface area contributed by atoms with Crippen LogP contribution in [0.5, 0.6) is 0 Å². The minimum absolute atomic E-state index is 0.356. The summed E-state index contributed by atoms with van der Waals surface area (Å²) in [5.41, 5.74) is 1.37. The minimum Gasteiger partial charge on any atom is -0.316 e. The number of rotatable bonds is 5. The molecule has 2 N–H and O–H groups in total. The van der Waals surface area contributed by atoms with E-state index in [0.717, 1.165) is 11.6 Å². The van der Waals surface area contributed by atoms with E-state index in [0.29, 0.717) is 12.2 Å². The number of pyridine rings is 1. The summed E-state index contributed by atoms with van der Waals surface area (Å²) in [4.78, 5) is 3.56. The van der Waals surface area contributed by atoms with Gasteiger partial charge in [0.2, 0.25) is 5.03 Å². The zero-order chi connectivity index (χ0) is 14.6. The predicted octanol–water partition coefficient (Wildman–Crippen LogP) is 1.74. The molecular weight excluding hydrogens is 281 g/mol. The van der Waals surface area contributed by atoms with Crippen molar-refractivity contribution in [1.82, 2.24) is 10.3 Å². The lowest BCUT2D eigenvalue weighted by Gasteiger charge is -2.08. The quantitative estimate of drug-likeness (QED) is 0.881. The first kappa shape index (κ1) is 14.4. The van der Waals surface area contributed by atoms with Gasteiger partial charge in [-0.2, -0.15) is 8.42 Å². The summed E-state index contributed by atoms with van der Waals surface area (Å²) < 4.78 is 39.8. The van der Waals surface area contributed by atoms with Crippen molar-refractivity contribution in [2.45, 2.75) is 11.6 Å². The molecule has 20 heavy (non-hydrogen) atoms. The van der Waals surface area contributed by atoms with Gasteiger partial charge in [-0.25, -0.2) is 9.37 Å². The van der Waals surface area contributed by atoms with Crippen molar-refractivity contribution >= 4 is 15.7 Å². The maximum Gasteiger partial charge on any atom is 0.282 e. The molecule has 5 nitrogen and oxygen atoms in total. The van der Waals surface area contributed by atoms with Gasteiger partial charge in [0.15, 0.2) is 5.82 Å². The van der Waals surface area contributed by atoms with Crippen LogP contribution in [0.15, 0.2) is 47.6 Å². The lowest BCUT2D eigenvalue weighted by Crippen LogP contribution is -2.16. The first-order valence-electron chi connectivity index (χ1n) is 5.90. The van der Waals surface area contributed by atoms with Gasteiger partial charge in [-0.1, -0.05) is 12.1 Å². The predicted molar refractivity (Wildman–Crippen MR) is 74.2 cm³/mol. The molecule has 0 spiro atoms. The number of nitrogens with zero attached hydrogens (tertiary/aromatic N) is 1. The van der Waals surface area contributed by atoms with Crippen molar-refractivity contribution in [2.24, 2.45) is 0 Å². The average Bonchev–Trinajstić information content (AvgIpc) is 2.41. The van der Waals surface area contributed by atoms with Crippen molar-refractivity contribution in [2.75, 3.05) is 11.8 Å². The van der Waals surface area contributed by atoms with Gasteiger partial charge in [-0.15, -0.1) is 0 Å². The van der Waals surface area contributed by atoms with E-state index >= 15 is 0 Å². The van der Waals surface area contributed by atoms with E-state index in [-0.39, 0.29) is 0 Å². The molecule has 0 bridgehead atoms. The Kier molecular flexibility index (Phi) is 4.31. The molecule has 0 fully saturated rings. The van der Waals surface area contributed by atoms with Crippen molar-refractivity contribution in [3.63, 3.8) is 0 Å². The standard InChI is InChI=1S/C13H14FN3O2S/c1-15-9-10-4-6-11(7-5-10)17-20(18,19)13-12(14)3-2-8-16-13/h2-8,15,17H,9H2,1H3. The zero-order valence-electron chi connectivity index (χ0n) is 10.8. The van der Waals surface area contributed by atoms with E-state index in [9.17, 15) is 12.8 Å². The molecule has 0 saturated heterocycles. The Hall–Kier alpha value is -1.99. The summed E-state index contributed by atoms with van der Waals surface area (Å²) in [5.74, 6) is -0.883. The largest absolute Gasteiger partial charge is 0.316 e. The third-order valence-corrected chi connectivity index (χ3v) is 3.88. The maximum absolute atomic E-state index is 13.5. The van der Waals surface area contributed by atoms with Crippen LogP contribution in [0, 0.1) is 5.82 Å². The van der Waals surface area contributed by atoms with Gasteiger partial charge in [-0.3, -0.25) is 4.72 Å². The van der Waals surface area contributed by atoms with Crippen LogP contribution in [0.2, 0.25) is 0 Å². The number of anilines is 1. The van der Waals surface area contributed by atoms with Gasteiger partial charge in [0.05, 0.1) is 0 Å². The number of nitrogens with one attached hydrogen (secondary N) is 2. The molecule has 0 aliphatic rings. The Bertz CT molecular complexity index is 687. The highest BCUT2D eigenvalue weighted by molar-refractivity contribution is 7.92. The molecule has 106 valence electrons. The summed E-state index contributed by atoms with van der Waals surface area (Å²) >= 11 is 0. The normalized spacial score (nSPS) is 11.3. The highest BCUT2D eigenvalue weighted by Crippen LogP contribution is 2.17. The van der Waals surface area contributed by atoms with Gasteiger partial charge in [0.1, 0.15) is 0 Å². The Morgan fingerprint density at radius 2 is 1.90 bits per heavy atom. The van der Waals surface area contributed by atoms with Crippen molar-refractivity contribution in [3.8, 4) is 0 Å². The van der Waals surface area contributed by atoms with Gasteiger partial charge in [0, 0.05) is 18.4 Å². The van der Waals surface area contributed by atoms with Gasteiger partial charge >= 0.3 is 0 Å². The second kappa shape index (κ2) is 5.98. The van der Waals surface area contributed by atoms with Crippen LogP contribution in [-0.4, -0.2) is 20.4 Å². The van der Waals surface area contributed by atoms with E-state index < -0.39 is 20.9 Å². The Morgan fingerprint density at radius 1 is 1.20 bits per heavy atom. The van der Waals surface area contributed by atoms with Crippen LogP contribution in [-0.2, 0) is 16.6 Å². The summed E-state index contributed by atoms with van der Waals surface area (Å²) in [6.45, 7) is 0.682. The molecule has 0 aliphatic heterocycles. The second-order valence-corrected chi connectivity index (χ2v) is 5.72. The molecule has 0 saturated carbocycles. The summed E-state index contributed by atoms with van der Waals surface area (Å²) in [5, 5.41) is 2.38. The number of benzene rings is 1. The third-order valence-electron chi connectivity index (χ3n) is 2.57. The van der Waals surface area contributed by atoms with Crippen molar-refractivity contribution in [1.29, 1.82) is 0 Å². The van der Waals surface area contributed by atoms with Crippen molar-refractivity contribution < 1.29 is 12.8 Å². The van der Waals surface area contributed by atoms with Crippen LogP contribution >= 0.6 is 0 Å². The number of hydrogen-bond acceptors (Lipinski definition) is 4. The molecular formula is C13H14FN3O2S. The summed E-state index contributed by atoms with van der Waals surface area (Å²) in [6, 6.07) is 9.18. The fourth-order valence-electron chi connectivity index (χ4n) is 1.67. The molecule has 7 heteroatoms. The maximum atomic E-state index is 13.5. The second-order valence-electron chi connectivity index (χ2n) is 4.12. The van der Waals surface area contributed by atoms with Gasteiger partial charge < -0.3 is 5.32 Å². The zero-order valence-corrected chi connectivity index (χ0v) is 11.6. The molecule has 2 aromatic rings. The van der Waals surface area contributed by atoms with Crippen LogP contribution < -0.4 is 10.0 Å². The van der Waals surface area contributed by atoms with Crippen LogP contribution in [0.1, 0.15) is 5.56 Å². The first-order valence-corrected chi connectivity index (χ1v) is 7.38. The lowest BCUT2D eigenvalue weighted by molar-refractivity contribution is 0.557. The molecule has 2 rings (SSSR count). The molecule has 1 heterocycles. The molecule has 0 radical (unpaired) electrons. The van der Waals surface area contributed by atoms with E-state index in [1.165, 1.54) is 12.3 Å². The SMILES string of the molecule is CNCc1ccc(NS(=O)(=O)c2ncccc2F)cc1. The van der Waals surface area contributed by atoms with Gasteiger partial charge in [-0.05, 0) is 36.9 Å². The number of halogens is 1. The molecule has 0 aliphatic carbocycles. The highest BCUT2D eigenvalue weighted by Gasteiger charge is 2.20. The van der Waals surface area contributed by atoms with E-state index in [1.54, 1.807) is 24.3 Å². The smallest absolute Gasteiger partial charge is 0.282 e. The molecule has 1 aromatic heterocycles. The summed E-state index contributed by atoms with van der Waals surface area (Å²) in [7, 11) is -2.20. The third kappa shape index (κ3) is 3.31. The van der Waals surface area contributed by atoms with Crippen LogP contribution in [0.4, 0.5) is 10.1 Å². The first-order chi connectivity index (χ1) is 9.53. The molecule has 0 amide bonds. The van der Waals surface area contributed by atoms with Gasteiger partial charge in [0.25, 0.3) is 10.0 Å². The Labute approximate surface area is 116 Å². The van der Waals surface area contributed by atoms with E-state index in [2.05, 4.69) is 15.0 Å². The Balaban J connectivity index is 2.22. The average molecular weight is 295 g/mol. The fraction of sp³-hybridized carbons (Fsp3) is 0.154. The molecule has 0 unspecified atom stereocenters. The lowest BCUT2D eigenvalue weighted by atomic mass is 10.2. The topological polar surface area (TPSA) is 71.1 Å². The molecule has 0 atom stereocenters. The summed E-state index contributed by atoms with van der Waals surface area (Å²) in [6.07, 6.45) is 1.23. The number of aromatic nitrogens is 1. The van der Waals surface area contributed by atoms with E-state index in [4.69, 9.17) is 0 Å². The Morgan fingerprint density at radius 3 is 2.50 bits per heavy atom. The minimum atomic E-state index is -4.02. The monoisotopic (exact) mass is 295 g/mol. The highest BCUT2D eigenvalue weighted by atomic mass is 32.2. The van der Waals surface area contributed by atoms with Crippen LogP contribution in [0.3, 0.4) is 0 Å².